The highest BCUT2D eigenvalue weighted by Crippen LogP contribution is 2.42. The third-order valence-electron chi connectivity index (χ3n) is 5.55. The van der Waals surface area contributed by atoms with E-state index in [1.54, 1.807) is 0 Å². The second-order valence-corrected chi connectivity index (χ2v) is 8.10. The molecular weight excluding hydrogens is 328 g/mol. The van der Waals surface area contributed by atoms with Crippen LogP contribution in [-0.4, -0.2) is 5.11 Å². The number of hydrogen-bond donors (Lipinski definition) is 1. The van der Waals surface area contributed by atoms with E-state index in [9.17, 15) is 5.11 Å². The summed E-state index contributed by atoms with van der Waals surface area (Å²) in [6.45, 7) is 9.27. The lowest BCUT2D eigenvalue weighted by molar-refractivity contribution is 0.258. The molecule has 140 valence electrons. The number of phenolic OH excluding ortho intramolecular Hbond substituents is 1. The van der Waals surface area contributed by atoms with Gasteiger partial charge in [0.05, 0.1) is 0 Å². The molecule has 0 aliphatic rings. The Kier molecular flexibility index (Phi) is 6.01. The van der Waals surface area contributed by atoms with E-state index in [0.717, 1.165) is 11.1 Å². The van der Waals surface area contributed by atoms with E-state index < -0.39 is 0 Å². The first-order valence-corrected chi connectivity index (χ1v) is 9.92. The molecule has 1 N–H and O–H groups in total. The van der Waals surface area contributed by atoms with E-state index in [0.29, 0.717) is 29.4 Å². The van der Waals surface area contributed by atoms with Crippen LogP contribution in [0.2, 0.25) is 0 Å². The highest BCUT2D eigenvalue weighted by Gasteiger charge is 2.30. The van der Waals surface area contributed by atoms with Crippen molar-refractivity contribution in [2.45, 2.75) is 33.6 Å². The van der Waals surface area contributed by atoms with Crippen LogP contribution in [0.25, 0.3) is 11.1 Å². The van der Waals surface area contributed by atoms with Crippen LogP contribution in [-0.2, 0) is 0 Å². The van der Waals surface area contributed by atoms with Crippen LogP contribution in [0.5, 0.6) is 5.75 Å². The Morgan fingerprint density at radius 3 is 1.74 bits per heavy atom. The molecule has 1 atom stereocenters. The normalized spacial score (nSPS) is 12.7. The summed E-state index contributed by atoms with van der Waals surface area (Å²) in [7, 11) is 0. The molecule has 0 aliphatic carbocycles. The van der Waals surface area contributed by atoms with Crippen molar-refractivity contribution in [2.75, 3.05) is 0 Å². The third-order valence-corrected chi connectivity index (χ3v) is 5.55. The number of phenols is 1. The highest BCUT2D eigenvalue weighted by molar-refractivity contribution is 5.71. The van der Waals surface area contributed by atoms with Crippen LogP contribution < -0.4 is 0 Å². The minimum atomic E-state index is 0.300. The lowest BCUT2D eigenvalue weighted by Gasteiger charge is -2.34. The second-order valence-electron chi connectivity index (χ2n) is 8.10. The zero-order chi connectivity index (χ0) is 19.4. The van der Waals surface area contributed by atoms with E-state index in [1.807, 2.05) is 24.3 Å². The lowest BCUT2D eigenvalue weighted by Crippen LogP contribution is -2.25. The maximum atomic E-state index is 10.5. The van der Waals surface area contributed by atoms with Crippen molar-refractivity contribution in [3.05, 3.63) is 90.0 Å². The van der Waals surface area contributed by atoms with Crippen LogP contribution in [0.15, 0.2) is 78.9 Å². The Morgan fingerprint density at radius 1 is 0.630 bits per heavy atom. The molecule has 0 bridgehead atoms. The molecule has 0 amide bonds. The van der Waals surface area contributed by atoms with E-state index in [1.165, 1.54) is 11.1 Å². The molecule has 0 heterocycles. The van der Waals surface area contributed by atoms with Gasteiger partial charge in [-0.05, 0) is 46.6 Å². The Hall–Kier alpha value is -2.54. The SMILES string of the molecule is CC(C)C(C(C)C)C(c1ccccc1)c1ccc(O)c(-c2ccccc2)c1. The summed E-state index contributed by atoms with van der Waals surface area (Å²) >= 11 is 0. The molecule has 1 unspecified atom stereocenters. The molecule has 27 heavy (non-hydrogen) atoms. The van der Waals surface area contributed by atoms with Gasteiger partial charge in [0.15, 0.2) is 0 Å². The average Bonchev–Trinajstić information content (AvgIpc) is 2.67. The zero-order valence-electron chi connectivity index (χ0n) is 16.8. The fraction of sp³-hybridized carbons (Fsp3) is 0.308. The quantitative estimate of drug-likeness (QED) is 0.497. The van der Waals surface area contributed by atoms with Crippen molar-refractivity contribution in [3.63, 3.8) is 0 Å². The first-order chi connectivity index (χ1) is 13.0. The molecule has 0 spiro atoms. The van der Waals surface area contributed by atoms with Gasteiger partial charge in [-0.3, -0.25) is 0 Å². The average molecular weight is 359 g/mol. The molecule has 0 aliphatic heterocycles. The van der Waals surface area contributed by atoms with Crippen LogP contribution in [0.3, 0.4) is 0 Å². The zero-order valence-corrected chi connectivity index (χ0v) is 16.8. The molecule has 3 aromatic carbocycles. The van der Waals surface area contributed by atoms with Crippen molar-refractivity contribution >= 4 is 0 Å². The van der Waals surface area contributed by atoms with E-state index in [2.05, 4.69) is 82.3 Å². The van der Waals surface area contributed by atoms with Crippen LogP contribution in [0.4, 0.5) is 0 Å². The van der Waals surface area contributed by atoms with Crippen LogP contribution in [0, 0.1) is 17.8 Å². The smallest absolute Gasteiger partial charge is 0.123 e. The number of hydrogen-bond acceptors (Lipinski definition) is 1. The minimum Gasteiger partial charge on any atom is -0.507 e. The van der Waals surface area contributed by atoms with Gasteiger partial charge in [0.1, 0.15) is 5.75 Å². The van der Waals surface area contributed by atoms with Crippen molar-refractivity contribution in [1.82, 2.24) is 0 Å². The molecule has 0 aromatic heterocycles. The number of rotatable bonds is 6. The van der Waals surface area contributed by atoms with Crippen molar-refractivity contribution in [1.29, 1.82) is 0 Å². The molecular formula is C26H30O. The molecule has 0 saturated heterocycles. The first kappa shape index (κ1) is 19.2. The summed E-state index contributed by atoms with van der Waals surface area (Å²) < 4.78 is 0. The number of benzene rings is 3. The summed E-state index contributed by atoms with van der Waals surface area (Å²) in [6, 6.07) is 27.1. The molecule has 0 saturated carbocycles. The van der Waals surface area contributed by atoms with E-state index in [-0.39, 0.29) is 0 Å². The first-order valence-electron chi connectivity index (χ1n) is 9.92. The van der Waals surface area contributed by atoms with E-state index >= 15 is 0 Å². The Morgan fingerprint density at radius 2 is 1.19 bits per heavy atom. The standard InChI is InChI=1S/C26H30O/c1-18(2)25(19(3)4)26(21-13-9-6-10-14-21)22-15-16-24(27)23(17-22)20-11-7-5-8-12-20/h5-19,25-27H,1-4H3. The van der Waals surface area contributed by atoms with Gasteiger partial charge < -0.3 is 5.11 Å². The third kappa shape index (κ3) is 4.24. The van der Waals surface area contributed by atoms with Crippen molar-refractivity contribution < 1.29 is 5.11 Å². The van der Waals surface area contributed by atoms with Gasteiger partial charge in [-0.1, -0.05) is 94.4 Å². The maximum absolute atomic E-state index is 10.5. The molecule has 0 radical (unpaired) electrons. The molecule has 3 aromatic rings. The summed E-state index contributed by atoms with van der Waals surface area (Å²) in [5, 5.41) is 10.5. The van der Waals surface area contributed by atoms with Gasteiger partial charge in [0.2, 0.25) is 0 Å². The molecule has 3 rings (SSSR count). The molecule has 0 fully saturated rings. The van der Waals surface area contributed by atoms with Crippen LogP contribution in [0.1, 0.15) is 44.7 Å². The van der Waals surface area contributed by atoms with Crippen LogP contribution >= 0.6 is 0 Å². The maximum Gasteiger partial charge on any atom is 0.123 e. The minimum absolute atomic E-state index is 0.300. The fourth-order valence-electron chi connectivity index (χ4n) is 4.43. The lowest BCUT2D eigenvalue weighted by atomic mass is 9.70. The van der Waals surface area contributed by atoms with E-state index in [4.69, 9.17) is 0 Å². The van der Waals surface area contributed by atoms with Gasteiger partial charge in [-0.25, -0.2) is 0 Å². The summed E-state index contributed by atoms with van der Waals surface area (Å²) in [6.07, 6.45) is 0. The largest absolute Gasteiger partial charge is 0.507 e. The van der Waals surface area contributed by atoms with Crippen molar-refractivity contribution in [2.24, 2.45) is 17.8 Å². The highest BCUT2D eigenvalue weighted by atomic mass is 16.3. The van der Waals surface area contributed by atoms with Gasteiger partial charge in [-0.15, -0.1) is 0 Å². The van der Waals surface area contributed by atoms with Gasteiger partial charge in [0, 0.05) is 11.5 Å². The number of aromatic hydroxyl groups is 1. The summed E-state index contributed by atoms with van der Waals surface area (Å²) in [4.78, 5) is 0. The summed E-state index contributed by atoms with van der Waals surface area (Å²) in [5.74, 6) is 2.27. The van der Waals surface area contributed by atoms with Gasteiger partial charge in [0.25, 0.3) is 0 Å². The van der Waals surface area contributed by atoms with Gasteiger partial charge in [-0.2, -0.15) is 0 Å². The Bertz CT molecular complexity index is 842. The Balaban J connectivity index is 2.16. The Labute approximate surface area is 163 Å². The monoisotopic (exact) mass is 358 g/mol. The molecule has 1 heteroatoms. The van der Waals surface area contributed by atoms with Gasteiger partial charge >= 0.3 is 0 Å². The van der Waals surface area contributed by atoms with Crippen molar-refractivity contribution in [3.8, 4) is 16.9 Å². The molecule has 1 nitrogen and oxygen atoms in total. The second kappa shape index (κ2) is 8.43. The predicted molar refractivity (Wildman–Crippen MR) is 115 cm³/mol. The predicted octanol–water partition coefficient (Wildman–Crippen LogP) is 7.12. The fourth-order valence-corrected chi connectivity index (χ4v) is 4.43. The topological polar surface area (TPSA) is 20.2 Å². The summed E-state index contributed by atoms with van der Waals surface area (Å²) in [5.41, 5.74) is 4.56.